The second-order valence-electron chi connectivity index (χ2n) is 6.69. The van der Waals surface area contributed by atoms with Gasteiger partial charge in [0, 0.05) is 5.41 Å². The lowest BCUT2D eigenvalue weighted by Gasteiger charge is -2.45. The van der Waals surface area contributed by atoms with Crippen molar-refractivity contribution in [1.82, 2.24) is 0 Å². The smallest absolute Gasteiger partial charge is 0.211 e. The minimum absolute atomic E-state index is 0.0633. The molecular weight excluding hydrogens is 208 g/mol. The number of aliphatic hydroxyl groups is 1. The van der Waals surface area contributed by atoms with Gasteiger partial charge in [-0.25, -0.2) is 0 Å². The third kappa shape index (κ3) is 1.14. The second kappa shape index (κ2) is 3.14. The first kappa shape index (κ1) is 10.1. The lowest BCUT2D eigenvalue weighted by molar-refractivity contribution is -0.0957. The van der Waals surface area contributed by atoms with Crippen LogP contribution in [-0.2, 0) is 5.60 Å². The zero-order valence-corrected chi connectivity index (χ0v) is 11.0. The Labute approximate surface area is 105 Å². The molecule has 0 spiro atoms. The van der Waals surface area contributed by atoms with Crippen molar-refractivity contribution >= 4 is 0 Å². The van der Waals surface area contributed by atoms with Crippen LogP contribution in [0.2, 0.25) is 0 Å². The molecule has 2 saturated carbocycles. The molecule has 0 unspecified atom stereocenters. The Balaban J connectivity index is 2.16. The topological polar surface area (TPSA) is 20.2 Å². The van der Waals surface area contributed by atoms with Crippen LogP contribution in [0.5, 0.6) is 0 Å². The van der Waals surface area contributed by atoms with Crippen molar-refractivity contribution in [2.75, 3.05) is 0 Å². The summed E-state index contributed by atoms with van der Waals surface area (Å²) in [6.07, 6.45) is 3.43. The van der Waals surface area contributed by atoms with Gasteiger partial charge in [-0.3, -0.25) is 0 Å². The second-order valence-corrected chi connectivity index (χ2v) is 6.69. The Kier molecular flexibility index (Phi) is 1.87. The molecule has 0 amide bonds. The highest BCUT2D eigenvalue weighted by molar-refractivity contribution is 5.31. The Morgan fingerprint density at radius 2 is 1.94 bits per heavy atom. The largest absolute Gasteiger partial charge is 0.385 e. The molecule has 0 aromatic heterocycles. The molecule has 17 heavy (non-hydrogen) atoms. The summed E-state index contributed by atoms with van der Waals surface area (Å²) >= 11 is 0. The lowest BCUT2D eigenvalue weighted by atomic mass is 9.62. The van der Waals surface area contributed by atoms with E-state index in [1.54, 1.807) is 0 Å². The highest BCUT2D eigenvalue weighted by Crippen LogP contribution is 2.72. The minimum atomic E-state index is -0.416. The van der Waals surface area contributed by atoms with Crippen LogP contribution < -0.4 is 0 Å². The molecule has 2 aliphatic rings. The Morgan fingerprint density at radius 3 is 2.41 bits per heavy atom. The third-order valence-corrected chi connectivity index (χ3v) is 6.10. The van der Waals surface area contributed by atoms with Gasteiger partial charge in [0.05, 0.1) is 5.60 Å². The van der Waals surface area contributed by atoms with E-state index >= 15 is 0 Å². The summed E-state index contributed by atoms with van der Waals surface area (Å²) in [6, 6.07) is 10.4. The third-order valence-electron chi connectivity index (χ3n) is 6.10. The maximum absolute atomic E-state index is 7.74. The molecule has 2 fully saturated rings. The van der Waals surface area contributed by atoms with Crippen LogP contribution in [0.25, 0.3) is 0 Å². The van der Waals surface area contributed by atoms with Crippen LogP contribution in [0.15, 0.2) is 30.3 Å². The first-order valence-corrected chi connectivity index (χ1v) is 6.68. The summed E-state index contributed by atoms with van der Waals surface area (Å²) in [5.74, 6) is 0.674. The molecule has 0 aliphatic heterocycles. The van der Waals surface area contributed by atoms with Crippen LogP contribution in [-0.4, -0.2) is 6.54 Å². The van der Waals surface area contributed by atoms with Gasteiger partial charge < -0.3 is 5.11 Å². The van der Waals surface area contributed by atoms with Crippen molar-refractivity contribution in [2.45, 2.75) is 45.6 Å². The maximum Gasteiger partial charge on any atom is 0.211 e. The maximum atomic E-state index is 7.74. The monoisotopic (exact) mass is 231 g/mol. The highest BCUT2D eigenvalue weighted by Gasteiger charge is 2.68. The molecule has 1 nitrogen and oxygen atoms in total. The average Bonchev–Trinajstić information content (AvgIpc) is 2.71. The fraction of sp³-hybridized carbons (Fsp3) is 0.625. The summed E-state index contributed by atoms with van der Waals surface area (Å²) in [4.78, 5) is 0. The van der Waals surface area contributed by atoms with E-state index < -0.39 is 5.60 Å². The molecule has 0 radical (unpaired) electrons. The first-order valence-electron chi connectivity index (χ1n) is 7.09. The van der Waals surface area contributed by atoms with Gasteiger partial charge >= 0.3 is 0 Å². The summed E-state index contributed by atoms with van der Waals surface area (Å²) in [6.45, 7) is 7.03. The highest BCUT2D eigenvalue weighted by atomic mass is 16.3. The molecule has 2 bridgehead atoms. The Bertz CT molecular complexity index is 455. The molecule has 2 aliphatic carbocycles. The lowest BCUT2D eigenvalue weighted by Crippen LogP contribution is -2.44. The van der Waals surface area contributed by atoms with Crippen LogP contribution in [0, 0.1) is 16.7 Å². The number of benzene rings is 1. The molecule has 3 rings (SSSR count). The van der Waals surface area contributed by atoms with E-state index in [2.05, 4.69) is 45.0 Å². The number of fused-ring (bicyclic) bond motifs is 2. The van der Waals surface area contributed by atoms with Crippen molar-refractivity contribution in [2.24, 2.45) is 16.7 Å². The van der Waals surface area contributed by atoms with E-state index in [-0.39, 0.29) is 10.8 Å². The van der Waals surface area contributed by atoms with Crippen LogP contribution in [0.4, 0.5) is 0 Å². The van der Waals surface area contributed by atoms with Crippen molar-refractivity contribution in [1.29, 1.82) is 1.43 Å². The molecular formula is C16H22O. The minimum Gasteiger partial charge on any atom is -0.385 e. The molecule has 1 aromatic rings. The summed E-state index contributed by atoms with van der Waals surface area (Å²) in [5, 5.41) is 5.41. The van der Waals surface area contributed by atoms with E-state index in [1.807, 2.05) is 6.07 Å². The zero-order chi connectivity index (χ0) is 13.0. The van der Waals surface area contributed by atoms with Gasteiger partial charge in [0.15, 0.2) is 0 Å². The van der Waals surface area contributed by atoms with Gasteiger partial charge in [-0.05, 0) is 36.2 Å². The number of hydrogen-bond donors (Lipinski definition) is 1. The summed E-state index contributed by atoms with van der Waals surface area (Å²) in [5.41, 5.74) is 1.08. The van der Waals surface area contributed by atoms with E-state index in [0.717, 1.165) is 6.42 Å². The fourth-order valence-corrected chi connectivity index (χ4v) is 4.39. The number of hydrogen-bond acceptors (Lipinski definition) is 1. The van der Waals surface area contributed by atoms with E-state index in [0.29, 0.717) is 5.92 Å². The summed E-state index contributed by atoms with van der Waals surface area (Å²) in [7, 11) is 0. The predicted molar refractivity (Wildman–Crippen MR) is 69.6 cm³/mol. The van der Waals surface area contributed by atoms with E-state index in [4.69, 9.17) is 6.54 Å². The number of rotatable bonds is 2. The van der Waals surface area contributed by atoms with Crippen LogP contribution >= 0.6 is 0 Å². The van der Waals surface area contributed by atoms with Gasteiger partial charge in [-0.2, -0.15) is 0 Å². The van der Waals surface area contributed by atoms with E-state index in [1.165, 1.54) is 18.4 Å². The summed E-state index contributed by atoms with van der Waals surface area (Å²) < 4.78 is 7.74. The molecule has 0 heterocycles. The van der Waals surface area contributed by atoms with Gasteiger partial charge in [0.1, 0.15) is 0 Å². The molecule has 1 N–H and O–H groups in total. The zero-order valence-electron chi connectivity index (χ0n) is 12.0. The van der Waals surface area contributed by atoms with Gasteiger partial charge in [-0.15, -0.1) is 0 Å². The van der Waals surface area contributed by atoms with Crippen LogP contribution in [0.1, 0.15) is 45.6 Å². The SMILES string of the molecule is [2H]O[C@]1(c2ccccc2)C[C@H]2CC[C@]1(C)C2(C)C. The molecule has 92 valence electrons. The average molecular weight is 231 g/mol. The standard InChI is InChI=1S/C16H22O/c1-14(2)13-9-10-15(14,3)16(17,11-13)12-7-5-4-6-8-12/h4-8,13,17H,9-11H2,1-3H3/t13-,15-,16+/m1/s1/i17D. The van der Waals surface area contributed by atoms with Crippen molar-refractivity contribution in [3.05, 3.63) is 35.9 Å². The van der Waals surface area contributed by atoms with Crippen LogP contribution in [0.3, 0.4) is 0 Å². The normalized spacial score (nSPS) is 43.7. The van der Waals surface area contributed by atoms with Gasteiger partial charge in [-0.1, -0.05) is 51.1 Å². The fourth-order valence-electron chi connectivity index (χ4n) is 4.39. The van der Waals surface area contributed by atoms with Gasteiger partial charge in [0.25, 0.3) is 0 Å². The Morgan fingerprint density at radius 1 is 1.24 bits per heavy atom. The van der Waals surface area contributed by atoms with Gasteiger partial charge in [0.2, 0.25) is 1.43 Å². The predicted octanol–water partition coefficient (Wildman–Crippen LogP) is 3.72. The molecule has 3 atom stereocenters. The molecule has 0 saturated heterocycles. The molecule has 1 aromatic carbocycles. The molecule has 1 heteroatoms. The van der Waals surface area contributed by atoms with Crippen molar-refractivity contribution < 1.29 is 5.11 Å². The Hall–Kier alpha value is -0.820. The quantitative estimate of drug-likeness (QED) is 0.822. The first-order chi connectivity index (χ1) is 8.48. The van der Waals surface area contributed by atoms with Crippen molar-refractivity contribution in [3.8, 4) is 0 Å². The van der Waals surface area contributed by atoms with Crippen molar-refractivity contribution in [3.63, 3.8) is 0 Å². The van der Waals surface area contributed by atoms with E-state index in [9.17, 15) is 0 Å².